The van der Waals surface area contributed by atoms with Gasteiger partial charge in [0.1, 0.15) is 18.0 Å². The minimum absolute atomic E-state index is 0.0748. The number of furan rings is 1. The number of fused-ring (bicyclic) bond motifs is 2. The van der Waals surface area contributed by atoms with E-state index in [0.29, 0.717) is 33.7 Å². The molecule has 0 fully saturated rings. The Morgan fingerprint density at radius 2 is 2.00 bits per heavy atom. The summed E-state index contributed by atoms with van der Waals surface area (Å²) in [7, 11) is 0. The summed E-state index contributed by atoms with van der Waals surface area (Å²) in [5, 5.41) is 1.65. The van der Waals surface area contributed by atoms with Crippen molar-refractivity contribution in [2.24, 2.45) is 0 Å². The standard InChI is InChI=1S/C21H17ClN2O5/c1-2-27-10-15-13-5-3-4-6-17(13)29-19(15)21(26)28-11-18-23-16-9-12(22)7-8-14(16)20(25)24-18/h3-9H,2,10-11H2,1H3,(H,23,24,25). The van der Waals surface area contributed by atoms with Gasteiger partial charge in [0.2, 0.25) is 5.76 Å². The van der Waals surface area contributed by atoms with Gasteiger partial charge in [-0.1, -0.05) is 29.8 Å². The van der Waals surface area contributed by atoms with Gasteiger partial charge in [0, 0.05) is 22.6 Å². The van der Waals surface area contributed by atoms with E-state index in [2.05, 4.69) is 9.97 Å². The fraction of sp³-hybridized carbons (Fsp3) is 0.190. The Hall–Kier alpha value is -3.16. The molecule has 148 valence electrons. The Kier molecular flexibility index (Phi) is 5.33. The number of carbonyl (C=O) groups is 1. The molecule has 0 atom stereocenters. The first-order chi connectivity index (χ1) is 14.1. The highest BCUT2D eigenvalue weighted by molar-refractivity contribution is 6.31. The van der Waals surface area contributed by atoms with Crippen LogP contribution in [0.1, 0.15) is 28.9 Å². The van der Waals surface area contributed by atoms with Crippen molar-refractivity contribution >= 4 is 39.4 Å². The van der Waals surface area contributed by atoms with Gasteiger partial charge in [0.15, 0.2) is 0 Å². The fourth-order valence-corrected chi connectivity index (χ4v) is 3.21. The van der Waals surface area contributed by atoms with Gasteiger partial charge in [-0.3, -0.25) is 4.79 Å². The van der Waals surface area contributed by atoms with E-state index in [1.807, 2.05) is 25.1 Å². The molecule has 2 aromatic carbocycles. The summed E-state index contributed by atoms with van der Waals surface area (Å²) in [5.41, 5.74) is 1.28. The first-order valence-corrected chi connectivity index (χ1v) is 9.38. The lowest BCUT2D eigenvalue weighted by Gasteiger charge is -2.06. The van der Waals surface area contributed by atoms with Gasteiger partial charge in [-0.05, 0) is 31.2 Å². The van der Waals surface area contributed by atoms with Crippen molar-refractivity contribution in [3.63, 3.8) is 0 Å². The van der Waals surface area contributed by atoms with Crippen molar-refractivity contribution in [3.05, 3.63) is 75.0 Å². The highest BCUT2D eigenvalue weighted by Gasteiger charge is 2.22. The van der Waals surface area contributed by atoms with Gasteiger partial charge < -0.3 is 18.9 Å². The first kappa shape index (κ1) is 19.2. The monoisotopic (exact) mass is 412 g/mol. The number of hydrogen-bond donors (Lipinski definition) is 1. The van der Waals surface area contributed by atoms with E-state index < -0.39 is 5.97 Å². The summed E-state index contributed by atoms with van der Waals surface area (Å²) in [5.74, 6) is -0.379. The molecule has 29 heavy (non-hydrogen) atoms. The van der Waals surface area contributed by atoms with E-state index in [0.717, 1.165) is 5.39 Å². The largest absolute Gasteiger partial charge is 0.452 e. The number of rotatable bonds is 6. The Morgan fingerprint density at radius 1 is 1.17 bits per heavy atom. The van der Waals surface area contributed by atoms with Crippen LogP contribution in [0.3, 0.4) is 0 Å². The van der Waals surface area contributed by atoms with Crippen molar-refractivity contribution < 1.29 is 18.7 Å². The van der Waals surface area contributed by atoms with Gasteiger partial charge in [-0.15, -0.1) is 0 Å². The van der Waals surface area contributed by atoms with Crippen LogP contribution in [0.2, 0.25) is 5.02 Å². The molecule has 2 heterocycles. The Labute approximate surface area is 170 Å². The number of para-hydroxylation sites is 1. The minimum Gasteiger partial charge on any atom is -0.452 e. The number of halogens is 1. The SMILES string of the molecule is CCOCc1c(C(=O)OCc2nc3cc(Cl)ccc3c(=O)[nH]2)oc2ccccc12. The van der Waals surface area contributed by atoms with Crippen LogP contribution in [0.5, 0.6) is 0 Å². The molecule has 0 radical (unpaired) electrons. The fourth-order valence-electron chi connectivity index (χ4n) is 3.04. The minimum atomic E-state index is -0.662. The topological polar surface area (TPSA) is 94.4 Å². The van der Waals surface area contributed by atoms with Gasteiger partial charge >= 0.3 is 5.97 Å². The number of ether oxygens (including phenoxy) is 2. The van der Waals surface area contributed by atoms with E-state index in [-0.39, 0.29) is 30.4 Å². The Bertz CT molecular complexity index is 1260. The number of carbonyl (C=O) groups excluding carboxylic acids is 1. The molecule has 2 aromatic heterocycles. The number of nitrogens with zero attached hydrogens (tertiary/aromatic N) is 1. The predicted molar refractivity (Wildman–Crippen MR) is 108 cm³/mol. The molecule has 4 rings (SSSR count). The average molecular weight is 413 g/mol. The molecule has 0 unspecified atom stereocenters. The van der Waals surface area contributed by atoms with E-state index in [9.17, 15) is 9.59 Å². The number of aromatic nitrogens is 2. The maximum Gasteiger partial charge on any atom is 0.375 e. The number of esters is 1. The van der Waals surface area contributed by atoms with E-state index >= 15 is 0 Å². The van der Waals surface area contributed by atoms with Gasteiger partial charge in [0.25, 0.3) is 5.56 Å². The quantitative estimate of drug-likeness (QED) is 0.476. The molecule has 0 aliphatic heterocycles. The van der Waals surface area contributed by atoms with Crippen molar-refractivity contribution in [1.29, 1.82) is 0 Å². The summed E-state index contributed by atoms with van der Waals surface area (Å²) in [4.78, 5) is 31.8. The molecular weight excluding hydrogens is 396 g/mol. The Morgan fingerprint density at radius 3 is 2.83 bits per heavy atom. The molecule has 0 aliphatic rings. The number of hydrogen-bond acceptors (Lipinski definition) is 6. The summed E-state index contributed by atoms with van der Waals surface area (Å²) in [6, 6.07) is 12.1. The maximum absolute atomic E-state index is 12.7. The molecule has 0 spiro atoms. The smallest absolute Gasteiger partial charge is 0.375 e. The van der Waals surface area contributed by atoms with Crippen LogP contribution in [0.4, 0.5) is 0 Å². The molecule has 0 saturated carbocycles. The average Bonchev–Trinajstić information content (AvgIpc) is 3.08. The summed E-state index contributed by atoms with van der Waals surface area (Å²) >= 11 is 5.97. The number of nitrogens with one attached hydrogen (secondary N) is 1. The summed E-state index contributed by atoms with van der Waals surface area (Å²) in [6.45, 7) is 2.37. The second kappa shape index (κ2) is 8.06. The zero-order valence-corrected chi connectivity index (χ0v) is 16.3. The Balaban J connectivity index is 1.60. The van der Waals surface area contributed by atoms with Gasteiger partial charge in [-0.25, -0.2) is 9.78 Å². The van der Waals surface area contributed by atoms with Crippen LogP contribution in [0.25, 0.3) is 21.9 Å². The second-order valence-electron chi connectivity index (χ2n) is 6.29. The third kappa shape index (κ3) is 3.87. The van der Waals surface area contributed by atoms with E-state index in [1.54, 1.807) is 24.3 Å². The van der Waals surface area contributed by atoms with Crippen molar-refractivity contribution in [3.8, 4) is 0 Å². The van der Waals surface area contributed by atoms with Crippen LogP contribution >= 0.6 is 11.6 Å². The third-order valence-corrected chi connectivity index (χ3v) is 4.63. The molecule has 4 aromatic rings. The van der Waals surface area contributed by atoms with Crippen LogP contribution in [0.15, 0.2) is 51.7 Å². The van der Waals surface area contributed by atoms with Crippen molar-refractivity contribution in [2.75, 3.05) is 6.61 Å². The molecule has 0 bridgehead atoms. The molecule has 0 aliphatic carbocycles. The highest BCUT2D eigenvalue weighted by Crippen LogP contribution is 2.27. The maximum atomic E-state index is 12.7. The second-order valence-corrected chi connectivity index (χ2v) is 6.73. The normalized spacial score (nSPS) is 11.2. The zero-order chi connectivity index (χ0) is 20.4. The third-order valence-electron chi connectivity index (χ3n) is 4.39. The first-order valence-electron chi connectivity index (χ1n) is 9.00. The molecule has 7 nitrogen and oxygen atoms in total. The van der Waals surface area contributed by atoms with Crippen molar-refractivity contribution in [2.45, 2.75) is 20.1 Å². The lowest BCUT2D eigenvalue weighted by Crippen LogP contribution is -2.15. The van der Waals surface area contributed by atoms with Crippen LogP contribution < -0.4 is 5.56 Å². The number of aromatic amines is 1. The molecular formula is C21H17ClN2O5. The van der Waals surface area contributed by atoms with Gasteiger partial charge in [-0.2, -0.15) is 0 Å². The van der Waals surface area contributed by atoms with Crippen LogP contribution in [-0.4, -0.2) is 22.5 Å². The lowest BCUT2D eigenvalue weighted by atomic mass is 10.1. The highest BCUT2D eigenvalue weighted by atomic mass is 35.5. The van der Waals surface area contributed by atoms with E-state index in [4.69, 9.17) is 25.5 Å². The summed E-state index contributed by atoms with van der Waals surface area (Å²) < 4.78 is 16.5. The lowest BCUT2D eigenvalue weighted by molar-refractivity contribution is 0.0420. The molecule has 8 heteroatoms. The molecule has 0 saturated heterocycles. The zero-order valence-electron chi connectivity index (χ0n) is 15.5. The molecule has 0 amide bonds. The predicted octanol–water partition coefficient (Wildman–Crippen LogP) is 4.22. The van der Waals surface area contributed by atoms with Gasteiger partial charge in [0.05, 0.1) is 17.5 Å². The van der Waals surface area contributed by atoms with Crippen molar-refractivity contribution in [1.82, 2.24) is 9.97 Å². The number of benzene rings is 2. The number of H-pyrrole nitrogens is 1. The summed E-state index contributed by atoms with van der Waals surface area (Å²) in [6.07, 6.45) is 0. The molecule has 1 N–H and O–H groups in total. The van der Waals surface area contributed by atoms with Crippen LogP contribution in [-0.2, 0) is 22.7 Å². The van der Waals surface area contributed by atoms with E-state index in [1.165, 1.54) is 0 Å². The van der Waals surface area contributed by atoms with Crippen LogP contribution in [0, 0.1) is 0 Å².